The van der Waals surface area contributed by atoms with Gasteiger partial charge in [-0.2, -0.15) is 0 Å². The van der Waals surface area contributed by atoms with E-state index in [1.54, 1.807) is 0 Å². The van der Waals surface area contributed by atoms with Gasteiger partial charge >= 0.3 is 0 Å². The molecule has 1 aliphatic carbocycles. The maximum atomic E-state index is 3.39. The fourth-order valence-electron chi connectivity index (χ4n) is 1.11. The molecule has 0 aromatic carbocycles. The first-order valence-electron chi connectivity index (χ1n) is 4.54. The predicted molar refractivity (Wildman–Crippen MR) is 48.3 cm³/mol. The Balaban J connectivity index is 1.75. The van der Waals surface area contributed by atoms with Crippen molar-refractivity contribution in [2.45, 2.75) is 32.6 Å². The van der Waals surface area contributed by atoms with Gasteiger partial charge in [-0.1, -0.05) is 12.8 Å². The Labute approximate surface area is 69.6 Å². The van der Waals surface area contributed by atoms with Crippen LogP contribution in [0.2, 0.25) is 0 Å². The highest BCUT2D eigenvalue weighted by Crippen LogP contribution is 2.31. The molecule has 0 aliphatic heterocycles. The van der Waals surface area contributed by atoms with E-state index in [9.17, 15) is 0 Å². The third kappa shape index (κ3) is 4.86. The summed E-state index contributed by atoms with van der Waals surface area (Å²) < 4.78 is 0. The van der Waals surface area contributed by atoms with Gasteiger partial charge in [-0.25, -0.2) is 0 Å². The summed E-state index contributed by atoms with van der Waals surface area (Å²) in [4.78, 5) is 0. The van der Waals surface area contributed by atoms with Crippen LogP contribution in [0.3, 0.4) is 0 Å². The lowest BCUT2D eigenvalue weighted by Gasteiger charge is -1.99. The molecule has 1 aliphatic rings. The van der Waals surface area contributed by atoms with Crippen LogP contribution < -0.4 is 5.32 Å². The van der Waals surface area contributed by atoms with E-state index in [0.717, 1.165) is 18.9 Å². The minimum atomic E-state index is 1.00. The molecule has 1 fully saturated rings. The molecule has 1 rings (SSSR count). The smallest absolute Gasteiger partial charge is 0.0214 e. The zero-order chi connectivity index (χ0) is 7.94. The fraction of sp³-hybridized carbons (Fsp3) is 0.800. The molecular weight excluding hydrogens is 134 g/mol. The standard InChI is InChI=1S/C10H17N/c1-2-3-4-8-11-9-7-10-5-6-10/h10-11H,4-9H2,1H3. The van der Waals surface area contributed by atoms with E-state index in [1.807, 2.05) is 6.92 Å². The van der Waals surface area contributed by atoms with Crippen molar-refractivity contribution in [1.82, 2.24) is 5.32 Å². The van der Waals surface area contributed by atoms with Crippen LogP contribution >= 0.6 is 0 Å². The van der Waals surface area contributed by atoms with E-state index >= 15 is 0 Å². The van der Waals surface area contributed by atoms with Crippen molar-refractivity contribution in [3.8, 4) is 11.8 Å². The van der Waals surface area contributed by atoms with Gasteiger partial charge in [0.1, 0.15) is 0 Å². The van der Waals surface area contributed by atoms with Crippen LogP contribution in [0.4, 0.5) is 0 Å². The number of rotatable bonds is 5. The molecule has 0 aromatic heterocycles. The Bertz CT molecular complexity index is 148. The number of hydrogen-bond donors (Lipinski definition) is 1. The molecule has 0 heterocycles. The molecule has 1 heteroatoms. The maximum Gasteiger partial charge on any atom is 0.0214 e. The average Bonchev–Trinajstić information content (AvgIpc) is 2.80. The van der Waals surface area contributed by atoms with Crippen molar-refractivity contribution >= 4 is 0 Å². The SMILES string of the molecule is CC#CCCNCCC1CC1. The molecular formula is C10H17N. The molecule has 11 heavy (non-hydrogen) atoms. The largest absolute Gasteiger partial charge is 0.316 e. The van der Waals surface area contributed by atoms with Gasteiger partial charge in [0.05, 0.1) is 0 Å². The minimum Gasteiger partial charge on any atom is -0.316 e. The summed E-state index contributed by atoms with van der Waals surface area (Å²) in [7, 11) is 0. The quantitative estimate of drug-likeness (QED) is 0.466. The van der Waals surface area contributed by atoms with Gasteiger partial charge in [-0.3, -0.25) is 0 Å². The first kappa shape index (κ1) is 8.62. The molecule has 0 radical (unpaired) electrons. The molecule has 1 N–H and O–H groups in total. The van der Waals surface area contributed by atoms with E-state index in [2.05, 4.69) is 17.2 Å². The van der Waals surface area contributed by atoms with E-state index < -0.39 is 0 Å². The average molecular weight is 151 g/mol. The molecule has 0 aromatic rings. The van der Waals surface area contributed by atoms with Gasteiger partial charge in [0, 0.05) is 13.0 Å². The van der Waals surface area contributed by atoms with E-state index in [-0.39, 0.29) is 0 Å². The highest BCUT2D eigenvalue weighted by Gasteiger charge is 2.19. The zero-order valence-electron chi connectivity index (χ0n) is 7.32. The third-order valence-corrected chi connectivity index (χ3v) is 2.03. The van der Waals surface area contributed by atoms with Gasteiger partial charge in [0.25, 0.3) is 0 Å². The van der Waals surface area contributed by atoms with Crippen molar-refractivity contribution in [2.75, 3.05) is 13.1 Å². The van der Waals surface area contributed by atoms with Crippen LogP contribution in [-0.4, -0.2) is 13.1 Å². The van der Waals surface area contributed by atoms with E-state index in [4.69, 9.17) is 0 Å². The second-order valence-electron chi connectivity index (χ2n) is 3.16. The Morgan fingerprint density at radius 2 is 2.18 bits per heavy atom. The van der Waals surface area contributed by atoms with E-state index in [0.29, 0.717) is 0 Å². The van der Waals surface area contributed by atoms with Crippen LogP contribution in [0.5, 0.6) is 0 Å². The normalized spacial score (nSPS) is 15.7. The molecule has 1 nitrogen and oxygen atoms in total. The molecule has 0 unspecified atom stereocenters. The molecule has 1 saturated carbocycles. The summed E-state index contributed by atoms with van der Waals surface area (Å²) in [5, 5.41) is 3.39. The molecule has 0 spiro atoms. The fourth-order valence-corrected chi connectivity index (χ4v) is 1.11. The summed E-state index contributed by atoms with van der Waals surface area (Å²) in [6.45, 7) is 4.15. The summed E-state index contributed by atoms with van der Waals surface area (Å²) in [5.74, 6) is 6.98. The van der Waals surface area contributed by atoms with Crippen molar-refractivity contribution in [1.29, 1.82) is 0 Å². The maximum absolute atomic E-state index is 3.39. The summed E-state index contributed by atoms with van der Waals surface area (Å²) in [5.41, 5.74) is 0. The van der Waals surface area contributed by atoms with Crippen molar-refractivity contribution < 1.29 is 0 Å². The topological polar surface area (TPSA) is 12.0 Å². The second kappa shape index (κ2) is 5.21. The summed E-state index contributed by atoms with van der Waals surface area (Å²) >= 11 is 0. The molecule has 0 bridgehead atoms. The van der Waals surface area contributed by atoms with Crippen LogP contribution in [0.25, 0.3) is 0 Å². The lowest BCUT2D eigenvalue weighted by atomic mass is 10.3. The van der Waals surface area contributed by atoms with Crippen molar-refractivity contribution in [3.05, 3.63) is 0 Å². The predicted octanol–water partition coefficient (Wildman–Crippen LogP) is 1.79. The Kier molecular flexibility index (Phi) is 4.08. The van der Waals surface area contributed by atoms with Crippen LogP contribution in [0.15, 0.2) is 0 Å². The monoisotopic (exact) mass is 151 g/mol. The summed E-state index contributed by atoms with van der Waals surface area (Å²) in [6, 6.07) is 0. The Morgan fingerprint density at radius 3 is 2.82 bits per heavy atom. The first-order chi connectivity index (χ1) is 5.43. The van der Waals surface area contributed by atoms with Gasteiger partial charge in [0.15, 0.2) is 0 Å². The van der Waals surface area contributed by atoms with Crippen LogP contribution in [0, 0.1) is 17.8 Å². The van der Waals surface area contributed by atoms with E-state index in [1.165, 1.54) is 25.8 Å². The first-order valence-corrected chi connectivity index (χ1v) is 4.54. The molecule has 62 valence electrons. The number of nitrogens with one attached hydrogen (secondary N) is 1. The van der Waals surface area contributed by atoms with Crippen LogP contribution in [0.1, 0.15) is 32.6 Å². The van der Waals surface area contributed by atoms with Crippen molar-refractivity contribution in [2.24, 2.45) is 5.92 Å². The van der Waals surface area contributed by atoms with Crippen molar-refractivity contribution in [3.63, 3.8) is 0 Å². The second-order valence-corrected chi connectivity index (χ2v) is 3.16. The summed E-state index contributed by atoms with van der Waals surface area (Å²) in [6.07, 6.45) is 5.31. The molecule has 0 saturated heterocycles. The minimum absolute atomic E-state index is 1.00. The van der Waals surface area contributed by atoms with Gasteiger partial charge < -0.3 is 5.32 Å². The molecule has 0 amide bonds. The highest BCUT2D eigenvalue weighted by molar-refractivity contribution is 4.95. The third-order valence-electron chi connectivity index (χ3n) is 2.03. The zero-order valence-corrected chi connectivity index (χ0v) is 7.32. The Morgan fingerprint density at radius 1 is 1.36 bits per heavy atom. The molecule has 0 atom stereocenters. The lowest BCUT2D eigenvalue weighted by molar-refractivity contribution is 0.619. The van der Waals surface area contributed by atoms with Gasteiger partial charge in [0.2, 0.25) is 0 Å². The number of hydrogen-bond acceptors (Lipinski definition) is 1. The van der Waals surface area contributed by atoms with Gasteiger partial charge in [-0.15, -0.1) is 11.8 Å². The Hall–Kier alpha value is -0.480. The van der Waals surface area contributed by atoms with Crippen LogP contribution in [-0.2, 0) is 0 Å². The lowest BCUT2D eigenvalue weighted by Crippen LogP contribution is -2.16. The van der Waals surface area contributed by atoms with Gasteiger partial charge in [-0.05, 0) is 25.8 Å². The highest BCUT2D eigenvalue weighted by atomic mass is 14.8.